The van der Waals surface area contributed by atoms with Gasteiger partial charge in [-0.3, -0.25) is 10.1 Å². The molecule has 0 aliphatic carbocycles. The highest BCUT2D eigenvalue weighted by Crippen LogP contribution is 2.32. The summed E-state index contributed by atoms with van der Waals surface area (Å²) < 4.78 is 0. The first-order valence-corrected chi connectivity index (χ1v) is 9.86. The Hall–Kier alpha value is -2.28. The van der Waals surface area contributed by atoms with Crippen LogP contribution in [-0.2, 0) is 0 Å². The summed E-state index contributed by atoms with van der Waals surface area (Å²) in [6.07, 6.45) is 0. The molecule has 2 aromatic carbocycles. The number of thiazole rings is 1. The van der Waals surface area contributed by atoms with Crippen molar-refractivity contribution in [1.82, 2.24) is 10.3 Å². The summed E-state index contributed by atoms with van der Waals surface area (Å²) >= 11 is 12.6. The van der Waals surface area contributed by atoms with Crippen LogP contribution in [0.3, 0.4) is 0 Å². The lowest BCUT2D eigenvalue weighted by molar-refractivity contribution is 0.0978. The molecule has 0 aliphatic rings. The summed E-state index contributed by atoms with van der Waals surface area (Å²) in [6.45, 7) is 6.15. The number of thiocarbonyl (C=S) groups is 1. The number of aromatic nitrogens is 1. The summed E-state index contributed by atoms with van der Waals surface area (Å²) in [5.41, 5.74) is 4.86. The van der Waals surface area contributed by atoms with Gasteiger partial charge in [0.2, 0.25) is 0 Å². The van der Waals surface area contributed by atoms with Crippen LogP contribution in [0.2, 0.25) is 5.02 Å². The van der Waals surface area contributed by atoms with Gasteiger partial charge in [-0.25, -0.2) is 4.98 Å². The first kappa shape index (κ1) is 19.5. The number of hydrogen-bond acceptors (Lipinski definition) is 4. The average molecular weight is 416 g/mol. The van der Waals surface area contributed by atoms with Gasteiger partial charge in [0.25, 0.3) is 5.91 Å². The van der Waals surface area contributed by atoms with Gasteiger partial charge in [-0.1, -0.05) is 29.3 Å². The molecule has 138 valence electrons. The molecule has 0 radical (unpaired) electrons. The number of aryl methyl sites for hydroxylation is 3. The molecule has 0 atom stereocenters. The second-order valence-corrected chi connectivity index (χ2v) is 8.21. The Kier molecular flexibility index (Phi) is 5.89. The normalized spacial score (nSPS) is 10.5. The van der Waals surface area contributed by atoms with E-state index in [1.807, 2.05) is 6.92 Å². The van der Waals surface area contributed by atoms with Crippen molar-refractivity contribution < 1.29 is 4.79 Å². The fourth-order valence-electron chi connectivity index (χ4n) is 2.60. The van der Waals surface area contributed by atoms with Crippen LogP contribution in [-0.4, -0.2) is 16.0 Å². The maximum Gasteiger partial charge on any atom is 0.257 e. The number of hydrogen-bond donors (Lipinski definition) is 2. The zero-order chi connectivity index (χ0) is 19.6. The first-order chi connectivity index (χ1) is 12.8. The van der Waals surface area contributed by atoms with E-state index in [1.54, 1.807) is 24.3 Å². The Morgan fingerprint density at radius 1 is 1.11 bits per heavy atom. The number of rotatable bonds is 3. The number of halogens is 1. The van der Waals surface area contributed by atoms with E-state index in [0.29, 0.717) is 15.7 Å². The van der Waals surface area contributed by atoms with E-state index in [0.717, 1.165) is 16.1 Å². The average Bonchev–Trinajstić information content (AvgIpc) is 2.97. The van der Waals surface area contributed by atoms with Crippen molar-refractivity contribution in [2.75, 3.05) is 5.32 Å². The lowest BCUT2D eigenvalue weighted by Gasteiger charge is -2.07. The molecule has 0 saturated carbocycles. The molecular weight excluding hydrogens is 398 g/mol. The molecule has 0 aliphatic heterocycles. The van der Waals surface area contributed by atoms with Gasteiger partial charge in [-0.05, 0) is 68.9 Å². The number of carbonyl (C=O) groups is 1. The summed E-state index contributed by atoms with van der Waals surface area (Å²) in [7, 11) is 0. The van der Waals surface area contributed by atoms with Crippen LogP contribution < -0.4 is 10.6 Å². The van der Waals surface area contributed by atoms with Crippen molar-refractivity contribution in [3.05, 3.63) is 69.1 Å². The van der Waals surface area contributed by atoms with E-state index in [-0.39, 0.29) is 11.0 Å². The smallest absolute Gasteiger partial charge is 0.257 e. The predicted octanol–water partition coefficient (Wildman–Crippen LogP) is 5.52. The number of nitrogens with zero attached hydrogens (tertiary/aromatic N) is 1. The SMILES string of the molecule is Cc1ccc(C)c(-c2nc(NC(=S)NC(=O)c3ccc(Cl)cc3)sc2C)c1. The van der Waals surface area contributed by atoms with E-state index >= 15 is 0 Å². The van der Waals surface area contributed by atoms with Crippen molar-refractivity contribution in [1.29, 1.82) is 0 Å². The van der Waals surface area contributed by atoms with Crippen LogP contribution in [0, 0.1) is 20.8 Å². The van der Waals surface area contributed by atoms with Crippen molar-refractivity contribution in [2.24, 2.45) is 0 Å². The molecule has 3 rings (SSSR count). The summed E-state index contributed by atoms with van der Waals surface area (Å²) in [4.78, 5) is 18.0. The van der Waals surface area contributed by atoms with Gasteiger partial charge < -0.3 is 5.32 Å². The van der Waals surface area contributed by atoms with E-state index in [2.05, 4.69) is 47.7 Å². The molecule has 0 spiro atoms. The Balaban J connectivity index is 1.73. The van der Waals surface area contributed by atoms with Gasteiger partial charge in [0.05, 0.1) is 5.69 Å². The van der Waals surface area contributed by atoms with Gasteiger partial charge in [-0.2, -0.15) is 0 Å². The molecule has 0 fully saturated rings. The lowest BCUT2D eigenvalue weighted by atomic mass is 10.0. The maximum atomic E-state index is 12.2. The minimum atomic E-state index is -0.299. The third kappa shape index (κ3) is 4.71. The zero-order valence-electron chi connectivity index (χ0n) is 15.1. The quantitative estimate of drug-likeness (QED) is 0.553. The van der Waals surface area contributed by atoms with Crippen molar-refractivity contribution in [3.8, 4) is 11.3 Å². The van der Waals surface area contributed by atoms with Crippen molar-refractivity contribution in [3.63, 3.8) is 0 Å². The van der Waals surface area contributed by atoms with E-state index in [4.69, 9.17) is 23.8 Å². The highest BCUT2D eigenvalue weighted by atomic mass is 35.5. The Labute approximate surface area is 172 Å². The Morgan fingerprint density at radius 2 is 1.81 bits per heavy atom. The summed E-state index contributed by atoms with van der Waals surface area (Å²) in [5, 5.41) is 7.08. The van der Waals surface area contributed by atoms with Crippen LogP contribution in [0.15, 0.2) is 42.5 Å². The molecule has 7 heteroatoms. The minimum Gasteiger partial charge on any atom is -0.308 e. The zero-order valence-corrected chi connectivity index (χ0v) is 17.5. The molecule has 0 bridgehead atoms. The van der Waals surface area contributed by atoms with Gasteiger partial charge in [0.15, 0.2) is 10.2 Å². The monoisotopic (exact) mass is 415 g/mol. The molecule has 2 N–H and O–H groups in total. The van der Waals surface area contributed by atoms with Gasteiger partial charge in [0, 0.05) is 21.0 Å². The molecule has 1 amide bonds. The second kappa shape index (κ2) is 8.17. The van der Waals surface area contributed by atoms with Gasteiger partial charge in [0.1, 0.15) is 0 Å². The molecule has 0 unspecified atom stereocenters. The molecule has 4 nitrogen and oxygen atoms in total. The fraction of sp³-hybridized carbons (Fsp3) is 0.150. The van der Waals surface area contributed by atoms with Crippen molar-refractivity contribution >= 4 is 51.3 Å². The number of benzene rings is 2. The van der Waals surface area contributed by atoms with E-state index in [9.17, 15) is 4.79 Å². The number of anilines is 1. The third-order valence-corrected chi connectivity index (χ3v) is 5.34. The topological polar surface area (TPSA) is 54.0 Å². The predicted molar refractivity (Wildman–Crippen MR) is 117 cm³/mol. The number of amides is 1. The summed E-state index contributed by atoms with van der Waals surface area (Å²) in [6, 6.07) is 12.9. The lowest BCUT2D eigenvalue weighted by Crippen LogP contribution is -2.34. The Morgan fingerprint density at radius 3 is 2.52 bits per heavy atom. The third-order valence-electron chi connectivity index (χ3n) is 4.00. The van der Waals surface area contributed by atoms with Crippen molar-refractivity contribution in [2.45, 2.75) is 20.8 Å². The number of nitrogens with one attached hydrogen (secondary N) is 2. The van der Waals surface area contributed by atoms with Crippen LogP contribution in [0.4, 0.5) is 5.13 Å². The van der Waals surface area contributed by atoms with Crippen LogP contribution in [0.25, 0.3) is 11.3 Å². The van der Waals surface area contributed by atoms with Crippen LogP contribution >= 0.6 is 35.2 Å². The molecular formula is C20H18ClN3OS2. The fourth-order valence-corrected chi connectivity index (χ4v) is 3.81. The van der Waals surface area contributed by atoms with Crippen LogP contribution in [0.1, 0.15) is 26.4 Å². The molecule has 1 heterocycles. The summed E-state index contributed by atoms with van der Waals surface area (Å²) in [5.74, 6) is -0.299. The largest absolute Gasteiger partial charge is 0.308 e. The second-order valence-electron chi connectivity index (χ2n) is 6.16. The molecule has 0 saturated heterocycles. The molecule has 27 heavy (non-hydrogen) atoms. The van der Waals surface area contributed by atoms with Gasteiger partial charge >= 0.3 is 0 Å². The molecule has 3 aromatic rings. The van der Waals surface area contributed by atoms with Crippen LogP contribution in [0.5, 0.6) is 0 Å². The maximum absolute atomic E-state index is 12.2. The Bertz CT molecular complexity index is 1010. The number of carbonyl (C=O) groups excluding carboxylic acids is 1. The highest BCUT2D eigenvalue weighted by Gasteiger charge is 2.14. The standard InChI is InChI=1S/C20H18ClN3OS2/c1-11-4-5-12(2)16(10-11)17-13(3)27-20(22-17)24-19(26)23-18(25)14-6-8-15(21)9-7-14/h4-10H,1-3H3,(H2,22,23,24,25,26). The highest BCUT2D eigenvalue weighted by molar-refractivity contribution is 7.80. The minimum absolute atomic E-state index is 0.205. The van der Waals surface area contributed by atoms with E-state index in [1.165, 1.54) is 22.5 Å². The first-order valence-electron chi connectivity index (χ1n) is 8.26. The van der Waals surface area contributed by atoms with E-state index < -0.39 is 0 Å². The van der Waals surface area contributed by atoms with Gasteiger partial charge in [-0.15, -0.1) is 11.3 Å². The molecule has 1 aromatic heterocycles.